The smallest absolute Gasteiger partial charge is 0.295 e. The average Bonchev–Trinajstić information content (AvgIpc) is 3.42. The molecule has 2 aliphatic rings. The minimum Gasteiger partial charge on any atom is -0.507 e. The monoisotopic (exact) mass is 445 g/mol. The van der Waals surface area contributed by atoms with Gasteiger partial charge in [-0.25, -0.2) is 0 Å². The van der Waals surface area contributed by atoms with Gasteiger partial charge in [0.2, 0.25) is 0 Å². The Balaban J connectivity index is 1.80. The molecule has 1 aromatic carbocycles. The lowest BCUT2D eigenvalue weighted by Gasteiger charge is -2.25. The SMILES string of the molecule is Cc1cc(/C(O)=C2/C(=O)C(=O)N(CC3CCCO3)C2c2ccco2)ccc1Br. The van der Waals surface area contributed by atoms with Crippen LogP contribution in [0.15, 0.2) is 51.1 Å². The maximum absolute atomic E-state index is 12.9. The lowest BCUT2D eigenvalue weighted by Crippen LogP contribution is -2.36. The molecule has 2 saturated heterocycles. The molecule has 1 N–H and O–H groups in total. The van der Waals surface area contributed by atoms with E-state index in [1.165, 1.54) is 11.2 Å². The number of aliphatic hydroxyl groups excluding tert-OH is 1. The minimum absolute atomic E-state index is 0.0414. The summed E-state index contributed by atoms with van der Waals surface area (Å²) >= 11 is 3.43. The molecule has 2 aromatic rings. The van der Waals surface area contributed by atoms with Crippen molar-refractivity contribution in [3.8, 4) is 0 Å². The van der Waals surface area contributed by atoms with Crippen LogP contribution in [0.3, 0.4) is 0 Å². The third-order valence-corrected chi connectivity index (χ3v) is 6.10. The van der Waals surface area contributed by atoms with Gasteiger partial charge in [-0.15, -0.1) is 0 Å². The van der Waals surface area contributed by atoms with Gasteiger partial charge in [-0.1, -0.05) is 22.0 Å². The van der Waals surface area contributed by atoms with E-state index in [-0.39, 0.29) is 24.0 Å². The first kappa shape index (κ1) is 19.0. The number of ketones is 1. The number of hydrogen-bond donors (Lipinski definition) is 1. The number of Topliss-reactive ketones (excluding diaryl/α,β-unsaturated/α-hetero) is 1. The van der Waals surface area contributed by atoms with Gasteiger partial charge >= 0.3 is 0 Å². The molecule has 1 amide bonds. The molecule has 2 atom stereocenters. The Morgan fingerprint density at radius 2 is 2.14 bits per heavy atom. The van der Waals surface area contributed by atoms with Gasteiger partial charge in [-0.3, -0.25) is 9.59 Å². The summed E-state index contributed by atoms with van der Waals surface area (Å²) in [6, 6.07) is 7.91. The number of amides is 1. The van der Waals surface area contributed by atoms with Crippen LogP contribution >= 0.6 is 15.9 Å². The molecule has 0 bridgehead atoms. The molecule has 2 unspecified atom stereocenters. The van der Waals surface area contributed by atoms with Gasteiger partial charge < -0.3 is 19.2 Å². The normalized spacial score (nSPS) is 24.3. The van der Waals surface area contributed by atoms with E-state index >= 15 is 0 Å². The van der Waals surface area contributed by atoms with Crippen molar-refractivity contribution >= 4 is 33.4 Å². The van der Waals surface area contributed by atoms with Crippen molar-refractivity contribution < 1.29 is 23.8 Å². The fourth-order valence-corrected chi connectivity index (χ4v) is 4.01. The topological polar surface area (TPSA) is 80.0 Å². The van der Waals surface area contributed by atoms with Crippen LogP contribution in [0.5, 0.6) is 0 Å². The van der Waals surface area contributed by atoms with Gasteiger partial charge in [0, 0.05) is 23.2 Å². The van der Waals surface area contributed by atoms with Crippen molar-refractivity contribution in [2.24, 2.45) is 0 Å². The molecule has 146 valence electrons. The summed E-state index contributed by atoms with van der Waals surface area (Å²) < 4.78 is 12.1. The molecule has 6 nitrogen and oxygen atoms in total. The van der Waals surface area contributed by atoms with E-state index in [4.69, 9.17) is 9.15 Å². The van der Waals surface area contributed by atoms with Crippen LogP contribution in [0, 0.1) is 6.92 Å². The van der Waals surface area contributed by atoms with Crippen molar-refractivity contribution in [1.82, 2.24) is 4.90 Å². The Kier molecular flexibility index (Phi) is 5.12. The molecule has 2 aliphatic heterocycles. The number of likely N-dealkylation sites (tertiary alicyclic amines) is 1. The molecule has 0 aliphatic carbocycles. The molecule has 4 rings (SSSR count). The van der Waals surface area contributed by atoms with E-state index in [1.807, 2.05) is 6.92 Å². The number of nitrogens with zero attached hydrogens (tertiary/aromatic N) is 1. The van der Waals surface area contributed by atoms with E-state index in [0.29, 0.717) is 17.9 Å². The number of furan rings is 1. The van der Waals surface area contributed by atoms with Crippen molar-refractivity contribution in [2.45, 2.75) is 31.9 Å². The zero-order valence-corrected chi connectivity index (χ0v) is 16.9. The van der Waals surface area contributed by atoms with Crippen LogP contribution in [-0.2, 0) is 14.3 Å². The molecule has 7 heteroatoms. The summed E-state index contributed by atoms with van der Waals surface area (Å²) in [5.74, 6) is -1.12. The third-order valence-electron chi connectivity index (χ3n) is 5.21. The van der Waals surface area contributed by atoms with Crippen LogP contribution in [-0.4, -0.2) is 41.0 Å². The van der Waals surface area contributed by atoms with Crippen molar-refractivity contribution in [3.63, 3.8) is 0 Å². The maximum Gasteiger partial charge on any atom is 0.295 e. The van der Waals surface area contributed by atoms with Crippen LogP contribution in [0.2, 0.25) is 0 Å². The predicted molar refractivity (Wildman–Crippen MR) is 106 cm³/mol. The molecule has 0 spiro atoms. The molecule has 0 saturated carbocycles. The summed E-state index contributed by atoms with van der Waals surface area (Å²) in [7, 11) is 0. The van der Waals surface area contributed by atoms with Crippen LogP contribution in [0.25, 0.3) is 5.76 Å². The van der Waals surface area contributed by atoms with Crippen LogP contribution in [0.4, 0.5) is 0 Å². The maximum atomic E-state index is 12.9. The largest absolute Gasteiger partial charge is 0.507 e. The fourth-order valence-electron chi connectivity index (χ4n) is 3.77. The van der Waals surface area contributed by atoms with Gasteiger partial charge in [0.25, 0.3) is 11.7 Å². The lowest BCUT2D eigenvalue weighted by atomic mass is 9.98. The number of aliphatic hydroxyl groups is 1. The number of rotatable bonds is 4. The first-order valence-electron chi connectivity index (χ1n) is 9.17. The van der Waals surface area contributed by atoms with Crippen molar-refractivity contribution in [3.05, 3.63) is 63.5 Å². The van der Waals surface area contributed by atoms with E-state index in [9.17, 15) is 14.7 Å². The number of benzene rings is 1. The number of halogens is 1. The molecular formula is C21H20BrNO5. The third kappa shape index (κ3) is 3.29. The van der Waals surface area contributed by atoms with Crippen LogP contribution < -0.4 is 0 Å². The summed E-state index contributed by atoms with van der Waals surface area (Å²) in [6.07, 6.45) is 3.13. The zero-order chi connectivity index (χ0) is 19.8. The van der Waals surface area contributed by atoms with Crippen molar-refractivity contribution in [2.75, 3.05) is 13.2 Å². The second kappa shape index (κ2) is 7.56. The highest BCUT2D eigenvalue weighted by Crippen LogP contribution is 2.40. The van der Waals surface area contributed by atoms with Gasteiger partial charge in [0.05, 0.1) is 17.9 Å². The highest BCUT2D eigenvalue weighted by atomic mass is 79.9. The van der Waals surface area contributed by atoms with Gasteiger partial charge in [-0.05, 0) is 49.6 Å². The minimum atomic E-state index is -0.775. The predicted octanol–water partition coefficient (Wildman–Crippen LogP) is 3.95. The van der Waals surface area contributed by atoms with E-state index in [1.54, 1.807) is 30.3 Å². The van der Waals surface area contributed by atoms with E-state index in [2.05, 4.69) is 15.9 Å². The van der Waals surface area contributed by atoms with E-state index in [0.717, 1.165) is 22.9 Å². The Hall–Kier alpha value is -2.38. The van der Waals surface area contributed by atoms with Gasteiger partial charge in [-0.2, -0.15) is 0 Å². The number of hydrogen-bond acceptors (Lipinski definition) is 5. The zero-order valence-electron chi connectivity index (χ0n) is 15.4. The first-order valence-corrected chi connectivity index (χ1v) is 9.96. The standard InChI is InChI=1S/C21H20BrNO5/c1-12-10-13(6-7-15(12)22)19(24)17-18(16-5-3-9-28-16)23(21(26)20(17)25)11-14-4-2-8-27-14/h3,5-7,9-10,14,18,24H,2,4,8,11H2,1H3/b19-17-. The number of ether oxygens (including phenoxy) is 1. The first-order chi connectivity index (χ1) is 13.5. The second-order valence-electron chi connectivity index (χ2n) is 7.07. The summed E-state index contributed by atoms with van der Waals surface area (Å²) in [4.78, 5) is 27.1. The Labute approximate surface area is 170 Å². The Morgan fingerprint density at radius 3 is 2.79 bits per heavy atom. The molecule has 28 heavy (non-hydrogen) atoms. The molecule has 3 heterocycles. The summed E-state index contributed by atoms with van der Waals surface area (Å²) in [6.45, 7) is 2.82. The lowest BCUT2D eigenvalue weighted by molar-refractivity contribution is -0.141. The summed E-state index contributed by atoms with van der Waals surface area (Å²) in [5.41, 5.74) is 1.43. The van der Waals surface area contributed by atoms with Gasteiger partial charge in [0.15, 0.2) is 0 Å². The fraction of sp³-hybridized carbons (Fsp3) is 0.333. The number of carbonyl (C=O) groups is 2. The molecule has 0 radical (unpaired) electrons. The Bertz CT molecular complexity index is 944. The highest BCUT2D eigenvalue weighted by Gasteiger charge is 2.48. The average molecular weight is 446 g/mol. The highest BCUT2D eigenvalue weighted by molar-refractivity contribution is 9.10. The molecule has 2 fully saturated rings. The van der Waals surface area contributed by atoms with Crippen molar-refractivity contribution in [1.29, 1.82) is 0 Å². The number of carbonyl (C=O) groups excluding carboxylic acids is 2. The quantitative estimate of drug-likeness (QED) is 0.437. The molecule has 1 aromatic heterocycles. The van der Waals surface area contributed by atoms with Gasteiger partial charge in [0.1, 0.15) is 17.6 Å². The second-order valence-corrected chi connectivity index (χ2v) is 7.92. The molecular weight excluding hydrogens is 426 g/mol. The van der Waals surface area contributed by atoms with E-state index < -0.39 is 17.7 Å². The number of aryl methyl sites for hydroxylation is 1. The summed E-state index contributed by atoms with van der Waals surface area (Å²) in [5, 5.41) is 11.0. The Morgan fingerprint density at radius 1 is 1.32 bits per heavy atom. The van der Waals surface area contributed by atoms with Crippen LogP contribution in [0.1, 0.15) is 35.8 Å².